The van der Waals surface area contributed by atoms with Gasteiger partial charge in [-0.3, -0.25) is 9.59 Å². The molecule has 22 heavy (non-hydrogen) atoms. The lowest BCUT2D eigenvalue weighted by Gasteiger charge is -2.34. The van der Waals surface area contributed by atoms with Gasteiger partial charge in [-0.2, -0.15) is 5.10 Å². The van der Waals surface area contributed by atoms with Gasteiger partial charge in [0.2, 0.25) is 11.8 Å². The monoisotopic (exact) mass is 306 g/mol. The van der Waals surface area contributed by atoms with Gasteiger partial charge in [0.25, 0.3) is 0 Å². The average molecular weight is 306 g/mol. The van der Waals surface area contributed by atoms with E-state index in [9.17, 15) is 9.59 Å². The van der Waals surface area contributed by atoms with Gasteiger partial charge in [0.1, 0.15) is 18.2 Å². The fourth-order valence-corrected chi connectivity index (χ4v) is 3.26. The van der Waals surface area contributed by atoms with E-state index >= 15 is 0 Å². The van der Waals surface area contributed by atoms with Crippen LogP contribution >= 0.6 is 0 Å². The van der Waals surface area contributed by atoms with Gasteiger partial charge in [0.15, 0.2) is 0 Å². The summed E-state index contributed by atoms with van der Waals surface area (Å²) in [7, 11) is 0. The molecule has 120 valence electrons. The zero-order chi connectivity index (χ0) is 15.5. The fraction of sp³-hybridized carbons (Fsp3) is 0.714. The van der Waals surface area contributed by atoms with Gasteiger partial charge in [-0.25, -0.2) is 9.67 Å². The Hall–Kier alpha value is -1.96. The van der Waals surface area contributed by atoms with Crippen LogP contribution in [0.4, 0.5) is 0 Å². The summed E-state index contributed by atoms with van der Waals surface area (Å²) in [6.07, 6.45) is 5.91. The quantitative estimate of drug-likeness (QED) is 0.746. The van der Waals surface area contributed by atoms with Crippen molar-refractivity contribution < 1.29 is 9.59 Å². The highest BCUT2D eigenvalue weighted by Crippen LogP contribution is 2.17. The molecule has 1 aromatic heterocycles. The molecule has 2 aliphatic heterocycles. The molecule has 3 heterocycles. The van der Waals surface area contributed by atoms with Gasteiger partial charge in [0.05, 0.1) is 13.1 Å². The lowest BCUT2D eigenvalue weighted by molar-refractivity contribution is -0.140. The second kappa shape index (κ2) is 6.43. The first kappa shape index (κ1) is 15.0. The third-order valence-electron chi connectivity index (χ3n) is 4.50. The lowest BCUT2D eigenvalue weighted by Crippen LogP contribution is -2.53. The molecule has 0 radical (unpaired) electrons. The van der Waals surface area contributed by atoms with E-state index in [4.69, 9.17) is 5.73 Å². The van der Waals surface area contributed by atoms with Crippen LogP contribution in [0.2, 0.25) is 0 Å². The van der Waals surface area contributed by atoms with Crippen molar-refractivity contribution in [3.8, 4) is 0 Å². The minimum absolute atomic E-state index is 0.0483. The number of nitrogens with two attached hydrogens (primary N) is 1. The molecular formula is C14H22N6O2. The SMILES string of the molecule is NC(=O)[C@H]1CCCCN1C(=O)CN[C@H]1CCc2ncnn2C1. The van der Waals surface area contributed by atoms with Crippen LogP contribution in [-0.2, 0) is 22.6 Å². The number of nitrogens with one attached hydrogen (secondary N) is 1. The number of amides is 2. The van der Waals surface area contributed by atoms with Crippen LogP contribution in [0.5, 0.6) is 0 Å². The smallest absolute Gasteiger partial charge is 0.240 e. The Labute approximate surface area is 129 Å². The molecule has 8 heteroatoms. The van der Waals surface area contributed by atoms with Crippen molar-refractivity contribution in [2.75, 3.05) is 13.1 Å². The maximum absolute atomic E-state index is 12.4. The number of piperidine rings is 1. The number of hydrogen-bond donors (Lipinski definition) is 2. The standard InChI is InChI=1S/C14H22N6O2/c15-14(22)11-3-1-2-6-19(11)13(21)7-16-10-4-5-12-17-9-18-20(12)8-10/h9-11,16H,1-8H2,(H2,15,22)/t10-,11+/m0/s1. The molecule has 1 fully saturated rings. The molecule has 0 bridgehead atoms. The summed E-state index contributed by atoms with van der Waals surface area (Å²) in [5, 5.41) is 7.45. The molecule has 0 spiro atoms. The summed E-state index contributed by atoms with van der Waals surface area (Å²) in [4.78, 5) is 29.7. The molecule has 2 atom stereocenters. The van der Waals surface area contributed by atoms with E-state index in [2.05, 4.69) is 15.4 Å². The summed E-state index contributed by atoms with van der Waals surface area (Å²) in [5.74, 6) is 0.542. The average Bonchev–Trinajstić information content (AvgIpc) is 3.00. The van der Waals surface area contributed by atoms with Crippen LogP contribution in [0, 0.1) is 0 Å². The van der Waals surface area contributed by atoms with Gasteiger partial charge >= 0.3 is 0 Å². The predicted molar refractivity (Wildman–Crippen MR) is 78.7 cm³/mol. The fourth-order valence-electron chi connectivity index (χ4n) is 3.26. The van der Waals surface area contributed by atoms with Crippen molar-refractivity contribution in [2.24, 2.45) is 5.73 Å². The Balaban J connectivity index is 1.53. The van der Waals surface area contributed by atoms with Gasteiger partial charge in [0, 0.05) is 19.0 Å². The number of likely N-dealkylation sites (tertiary alicyclic amines) is 1. The van der Waals surface area contributed by atoms with Crippen molar-refractivity contribution in [3.63, 3.8) is 0 Å². The normalized spacial score (nSPS) is 24.8. The Morgan fingerprint density at radius 1 is 1.36 bits per heavy atom. The van der Waals surface area contributed by atoms with Gasteiger partial charge < -0.3 is 16.0 Å². The molecule has 8 nitrogen and oxygen atoms in total. The summed E-state index contributed by atoms with van der Waals surface area (Å²) in [5.41, 5.74) is 5.40. The number of aryl methyl sites for hydroxylation is 1. The minimum Gasteiger partial charge on any atom is -0.368 e. The van der Waals surface area contributed by atoms with Gasteiger partial charge in [-0.05, 0) is 25.7 Å². The van der Waals surface area contributed by atoms with Crippen molar-refractivity contribution in [3.05, 3.63) is 12.2 Å². The van der Waals surface area contributed by atoms with E-state index < -0.39 is 11.9 Å². The summed E-state index contributed by atoms with van der Waals surface area (Å²) in [6, 6.07) is -0.244. The third-order valence-corrected chi connectivity index (χ3v) is 4.50. The molecule has 1 aromatic rings. The van der Waals surface area contributed by atoms with E-state index in [-0.39, 0.29) is 18.5 Å². The zero-order valence-electron chi connectivity index (χ0n) is 12.6. The second-order valence-electron chi connectivity index (χ2n) is 5.98. The maximum Gasteiger partial charge on any atom is 0.240 e. The van der Waals surface area contributed by atoms with Crippen LogP contribution in [0.3, 0.4) is 0 Å². The largest absolute Gasteiger partial charge is 0.368 e. The molecule has 0 saturated carbocycles. The third kappa shape index (κ3) is 3.11. The Morgan fingerprint density at radius 2 is 2.23 bits per heavy atom. The molecular weight excluding hydrogens is 284 g/mol. The Morgan fingerprint density at radius 3 is 3.05 bits per heavy atom. The van der Waals surface area contributed by atoms with E-state index in [1.54, 1.807) is 11.2 Å². The topological polar surface area (TPSA) is 106 Å². The van der Waals surface area contributed by atoms with E-state index in [1.165, 1.54) is 0 Å². The number of aromatic nitrogens is 3. The summed E-state index contributed by atoms with van der Waals surface area (Å²) < 4.78 is 1.87. The summed E-state index contributed by atoms with van der Waals surface area (Å²) in [6.45, 7) is 1.58. The molecule has 3 rings (SSSR count). The zero-order valence-corrected chi connectivity index (χ0v) is 12.6. The molecule has 2 amide bonds. The van der Waals surface area contributed by atoms with Crippen LogP contribution in [0.15, 0.2) is 6.33 Å². The van der Waals surface area contributed by atoms with E-state index in [1.807, 2.05) is 4.68 Å². The predicted octanol–water partition coefficient (Wildman–Crippen LogP) is -0.951. The number of fused-ring (bicyclic) bond motifs is 1. The number of carbonyl (C=O) groups excluding carboxylic acids is 2. The second-order valence-corrected chi connectivity index (χ2v) is 5.98. The minimum atomic E-state index is -0.448. The molecule has 2 aliphatic rings. The molecule has 3 N–H and O–H groups in total. The number of carbonyl (C=O) groups is 2. The van der Waals surface area contributed by atoms with Gasteiger partial charge in [-0.1, -0.05) is 0 Å². The first-order chi connectivity index (χ1) is 10.6. The van der Waals surface area contributed by atoms with Gasteiger partial charge in [-0.15, -0.1) is 0 Å². The van der Waals surface area contributed by atoms with Crippen molar-refractivity contribution in [2.45, 2.75) is 50.7 Å². The molecule has 1 saturated heterocycles. The Kier molecular flexibility index (Phi) is 4.37. The first-order valence-electron chi connectivity index (χ1n) is 7.84. The highest BCUT2D eigenvalue weighted by atomic mass is 16.2. The number of primary amides is 1. The number of rotatable bonds is 4. The van der Waals surface area contributed by atoms with E-state index in [0.717, 1.165) is 38.1 Å². The highest BCUT2D eigenvalue weighted by Gasteiger charge is 2.30. The Bertz CT molecular complexity index is 557. The van der Waals surface area contributed by atoms with Crippen molar-refractivity contribution in [1.82, 2.24) is 25.0 Å². The number of hydrogen-bond acceptors (Lipinski definition) is 5. The van der Waals surface area contributed by atoms with Crippen molar-refractivity contribution >= 4 is 11.8 Å². The van der Waals surface area contributed by atoms with Crippen LogP contribution < -0.4 is 11.1 Å². The van der Waals surface area contributed by atoms with E-state index in [0.29, 0.717) is 13.0 Å². The lowest BCUT2D eigenvalue weighted by atomic mass is 10.0. The molecule has 0 unspecified atom stereocenters. The first-order valence-corrected chi connectivity index (χ1v) is 7.84. The van der Waals surface area contributed by atoms with Crippen LogP contribution in [0.1, 0.15) is 31.5 Å². The summed E-state index contributed by atoms with van der Waals surface area (Å²) >= 11 is 0. The maximum atomic E-state index is 12.4. The highest BCUT2D eigenvalue weighted by molar-refractivity contribution is 5.87. The number of nitrogens with zero attached hydrogens (tertiary/aromatic N) is 4. The molecule has 0 aliphatic carbocycles. The molecule has 0 aromatic carbocycles. The van der Waals surface area contributed by atoms with Crippen molar-refractivity contribution in [1.29, 1.82) is 0 Å². The van der Waals surface area contributed by atoms with Crippen LogP contribution in [-0.4, -0.2) is 56.7 Å². The van der Waals surface area contributed by atoms with Crippen LogP contribution in [0.25, 0.3) is 0 Å².